The van der Waals surface area contributed by atoms with Gasteiger partial charge < -0.3 is 13.9 Å². The van der Waals surface area contributed by atoms with Crippen molar-refractivity contribution in [3.8, 4) is 11.5 Å². The summed E-state index contributed by atoms with van der Waals surface area (Å²) in [7, 11) is 3.15. The van der Waals surface area contributed by atoms with Crippen LogP contribution in [-0.4, -0.2) is 14.2 Å². The van der Waals surface area contributed by atoms with Crippen molar-refractivity contribution in [2.24, 2.45) is 0 Å². The van der Waals surface area contributed by atoms with Crippen LogP contribution >= 0.6 is 0 Å². The molecular weight excluding hydrogens is 328 g/mol. The molecule has 4 heteroatoms. The number of fused-ring (bicyclic) bond motifs is 2. The third kappa shape index (κ3) is 2.80. The van der Waals surface area contributed by atoms with Crippen molar-refractivity contribution in [2.45, 2.75) is 6.42 Å². The lowest BCUT2D eigenvalue weighted by Gasteiger charge is -2.10. The van der Waals surface area contributed by atoms with Gasteiger partial charge in [-0.25, -0.2) is 4.79 Å². The summed E-state index contributed by atoms with van der Waals surface area (Å²) in [5, 5.41) is 3.04. The highest BCUT2D eigenvalue weighted by Gasteiger charge is 2.13. The molecule has 0 saturated heterocycles. The topological polar surface area (TPSA) is 48.7 Å². The standard InChI is InChI=1S/C22H18O4/c1-24-17-12-20(25-2)19-11-16(22(23)26-21(19)13-17)10-15-8-5-7-14-6-3-4-9-18(14)15/h3-9,11-13H,10H2,1-2H3. The molecule has 0 N–H and O–H groups in total. The minimum Gasteiger partial charge on any atom is -0.496 e. The normalized spacial score (nSPS) is 11.0. The van der Waals surface area contributed by atoms with Gasteiger partial charge in [0, 0.05) is 24.1 Å². The number of hydrogen-bond donors (Lipinski definition) is 0. The molecule has 0 bridgehead atoms. The van der Waals surface area contributed by atoms with E-state index in [-0.39, 0.29) is 5.63 Å². The number of rotatable bonds is 4. The number of methoxy groups -OCH3 is 2. The number of hydrogen-bond acceptors (Lipinski definition) is 4. The summed E-state index contributed by atoms with van der Waals surface area (Å²) in [5.41, 5.74) is 1.79. The fourth-order valence-corrected chi connectivity index (χ4v) is 3.26. The van der Waals surface area contributed by atoms with Crippen LogP contribution in [0.4, 0.5) is 0 Å². The van der Waals surface area contributed by atoms with Crippen LogP contribution in [0.3, 0.4) is 0 Å². The van der Waals surface area contributed by atoms with Gasteiger partial charge >= 0.3 is 5.63 Å². The first kappa shape index (κ1) is 16.2. The molecule has 1 aromatic heterocycles. The highest BCUT2D eigenvalue weighted by atomic mass is 16.5. The number of ether oxygens (including phenoxy) is 2. The Hall–Kier alpha value is -3.27. The maximum Gasteiger partial charge on any atom is 0.339 e. The lowest BCUT2D eigenvalue weighted by atomic mass is 9.98. The first-order valence-electron chi connectivity index (χ1n) is 8.35. The van der Waals surface area contributed by atoms with Gasteiger partial charge in [0.1, 0.15) is 17.1 Å². The second-order valence-electron chi connectivity index (χ2n) is 6.12. The SMILES string of the molecule is COc1cc(OC)c2cc(Cc3cccc4ccccc34)c(=O)oc2c1. The van der Waals surface area contributed by atoms with Gasteiger partial charge in [0.2, 0.25) is 0 Å². The molecule has 0 unspecified atom stereocenters. The summed E-state index contributed by atoms with van der Waals surface area (Å²) in [6.07, 6.45) is 0.495. The zero-order chi connectivity index (χ0) is 18.1. The van der Waals surface area contributed by atoms with E-state index in [9.17, 15) is 4.79 Å². The Kier molecular flexibility index (Phi) is 4.09. The van der Waals surface area contributed by atoms with Crippen LogP contribution in [-0.2, 0) is 6.42 Å². The summed E-state index contributed by atoms with van der Waals surface area (Å²) in [6, 6.07) is 19.6. The van der Waals surface area contributed by atoms with Gasteiger partial charge in [-0.3, -0.25) is 0 Å². The first-order valence-corrected chi connectivity index (χ1v) is 8.35. The predicted octanol–water partition coefficient (Wildman–Crippen LogP) is 4.55. The van der Waals surface area contributed by atoms with Crippen LogP contribution < -0.4 is 15.1 Å². The van der Waals surface area contributed by atoms with E-state index < -0.39 is 0 Å². The quantitative estimate of drug-likeness (QED) is 0.509. The van der Waals surface area contributed by atoms with Gasteiger partial charge in [0.15, 0.2) is 0 Å². The lowest BCUT2D eigenvalue weighted by molar-refractivity contribution is 0.395. The Morgan fingerprint density at radius 1 is 0.846 bits per heavy atom. The Morgan fingerprint density at radius 3 is 2.46 bits per heavy atom. The van der Waals surface area contributed by atoms with Crippen LogP contribution in [0.5, 0.6) is 11.5 Å². The smallest absolute Gasteiger partial charge is 0.339 e. The van der Waals surface area contributed by atoms with Gasteiger partial charge in [-0.2, -0.15) is 0 Å². The zero-order valence-corrected chi connectivity index (χ0v) is 14.6. The summed E-state index contributed by atoms with van der Waals surface area (Å²) in [6.45, 7) is 0. The van der Waals surface area contributed by atoms with Gasteiger partial charge in [0.05, 0.1) is 19.6 Å². The second-order valence-corrected chi connectivity index (χ2v) is 6.12. The summed E-state index contributed by atoms with van der Waals surface area (Å²) < 4.78 is 16.2. The van der Waals surface area contributed by atoms with E-state index in [1.165, 1.54) is 0 Å². The molecule has 3 aromatic carbocycles. The van der Waals surface area contributed by atoms with Crippen molar-refractivity contribution in [1.29, 1.82) is 0 Å². The van der Waals surface area contributed by atoms with Crippen molar-refractivity contribution in [1.82, 2.24) is 0 Å². The fourth-order valence-electron chi connectivity index (χ4n) is 3.26. The van der Waals surface area contributed by atoms with Crippen molar-refractivity contribution >= 4 is 21.7 Å². The Morgan fingerprint density at radius 2 is 1.65 bits per heavy atom. The van der Waals surface area contributed by atoms with Crippen LogP contribution in [0.15, 0.2) is 69.9 Å². The molecule has 0 aliphatic rings. The molecule has 1 heterocycles. The van der Waals surface area contributed by atoms with Crippen molar-refractivity contribution in [3.63, 3.8) is 0 Å². The molecule has 0 spiro atoms. The minimum atomic E-state index is -0.347. The van der Waals surface area contributed by atoms with E-state index >= 15 is 0 Å². The van der Waals surface area contributed by atoms with Gasteiger partial charge in [-0.15, -0.1) is 0 Å². The molecule has 0 amide bonds. The largest absolute Gasteiger partial charge is 0.496 e. The van der Waals surface area contributed by atoms with E-state index in [0.717, 1.165) is 21.7 Å². The van der Waals surface area contributed by atoms with Gasteiger partial charge in [-0.1, -0.05) is 42.5 Å². The summed E-state index contributed by atoms with van der Waals surface area (Å²) in [5.74, 6) is 1.20. The van der Waals surface area contributed by atoms with Crippen LogP contribution in [0.2, 0.25) is 0 Å². The van der Waals surface area contributed by atoms with E-state index in [2.05, 4.69) is 18.2 Å². The van der Waals surface area contributed by atoms with Crippen LogP contribution in [0, 0.1) is 0 Å². The predicted molar refractivity (Wildman–Crippen MR) is 102 cm³/mol. The molecule has 0 aliphatic carbocycles. The highest BCUT2D eigenvalue weighted by Crippen LogP contribution is 2.31. The Balaban J connectivity index is 1.86. The first-order chi connectivity index (χ1) is 12.7. The molecule has 4 nitrogen and oxygen atoms in total. The average molecular weight is 346 g/mol. The third-order valence-electron chi connectivity index (χ3n) is 4.58. The number of benzene rings is 3. The Bertz CT molecular complexity index is 1150. The molecule has 0 fully saturated rings. The van der Waals surface area contributed by atoms with E-state index in [1.54, 1.807) is 26.4 Å². The monoisotopic (exact) mass is 346 g/mol. The average Bonchev–Trinajstić information content (AvgIpc) is 2.68. The van der Waals surface area contributed by atoms with Crippen molar-refractivity contribution in [3.05, 3.63) is 82.2 Å². The second kappa shape index (κ2) is 6.56. The van der Waals surface area contributed by atoms with Crippen molar-refractivity contribution in [2.75, 3.05) is 14.2 Å². The Labute approximate surface area is 150 Å². The maximum atomic E-state index is 12.5. The van der Waals surface area contributed by atoms with Crippen molar-refractivity contribution < 1.29 is 13.9 Å². The summed E-state index contributed by atoms with van der Waals surface area (Å²) in [4.78, 5) is 12.5. The van der Waals surface area contributed by atoms with Crippen LogP contribution in [0.25, 0.3) is 21.7 Å². The third-order valence-corrected chi connectivity index (χ3v) is 4.58. The van der Waals surface area contributed by atoms with Gasteiger partial charge in [-0.05, 0) is 22.4 Å². The molecule has 26 heavy (non-hydrogen) atoms. The molecule has 0 radical (unpaired) electrons. The van der Waals surface area contributed by atoms with E-state index in [0.29, 0.717) is 29.1 Å². The lowest BCUT2D eigenvalue weighted by Crippen LogP contribution is -2.08. The molecule has 0 aliphatic heterocycles. The molecule has 0 atom stereocenters. The molecule has 0 saturated carbocycles. The van der Waals surface area contributed by atoms with Gasteiger partial charge in [0.25, 0.3) is 0 Å². The maximum absolute atomic E-state index is 12.5. The minimum absolute atomic E-state index is 0.347. The van der Waals surface area contributed by atoms with E-state index in [4.69, 9.17) is 13.9 Å². The molecule has 4 rings (SSSR count). The van der Waals surface area contributed by atoms with Crippen LogP contribution in [0.1, 0.15) is 11.1 Å². The molecular formula is C22H18O4. The molecule has 4 aromatic rings. The van der Waals surface area contributed by atoms with E-state index in [1.807, 2.05) is 30.3 Å². The zero-order valence-electron chi connectivity index (χ0n) is 14.6. The highest BCUT2D eigenvalue weighted by molar-refractivity contribution is 5.87. The summed E-state index contributed by atoms with van der Waals surface area (Å²) >= 11 is 0. The fraction of sp³-hybridized carbons (Fsp3) is 0.136. The molecule has 130 valence electrons.